The van der Waals surface area contributed by atoms with E-state index in [2.05, 4.69) is 10.4 Å². The van der Waals surface area contributed by atoms with Crippen molar-refractivity contribution in [3.63, 3.8) is 0 Å². The van der Waals surface area contributed by atoms with Crippen molar-refractivity contribution in [3.8, 4) is 0 Å². The number of aromatic nitrogens is 2. The molecule has 1 unspecified atom stereocenters. The van der Waals surface area contributed by atoms with E-state index in [4.69, 9.17) is 5.73 Å². The molecular formula is C20H21FN4O2. The number of fused-ring (bicyclic) bond motifs is 1. The predicted molar refractivity (Wildman–Crippen MR) is 101 cm³/mol. The Balaban J connectivity index is 2.00. The molecule has 27 heavy (non-hydrogen) atoms. The maximum atomic E-state index is 13.2. The Hall–Kier alpha value is -3.22. The molecule has 1 heterocycles. The van der Waals surface area contributed by atoms with Gasteiger partial charge in [0.1, 0.15) is 17.6 Å². The summed E-state index contributed by atoms with van der Waals surface area (Å²) in [7, 11) is 0. The first-order valence-electron chi connectivity index (χ1n) is 8.67. The number of primary amides is 1. The van der Waals surface area contributed by atoms with Crippen LogP contribution >= 0.6 is 0 Å². The van der Waals surface area contributed by atoms with E-state index in [0.717, 1.165) is 5.56 Å². The third kappa shape index (κ3) is 3.97. The van der Waals surface area contributed by atoms with Crippen LogP contribution in [0.25, 0.3) is 10.9 Å². The standard InChI is InChI=1S/C20H21FN4O2/c1-12(2)17(19(22)26)23-20(27)18-15-5-3-4-6-16(15)24-25(18)11-13-7-9-14(21)10-8-13/h3-10,12,17H,11H2,1-2H3,(H2,22,26)(H,23,27). The first-order chi connectivity index (χ1) is 12.9. The number of hydrogen-bond donors (Lipinski definition) is 2. The summed E-state index contributed by atoms with van der Waals surface area (Å²) in [6.07, 6.45) is 0. The predicted octanol–water partition coefficient (Wildman–Crippen LogP) is 2.46. The van der Waals surface area contributed by atoms with E-state index < -0.39 is 17.9 Å². The average Bonchev–Trinajstić information content (AvgIpc) is 2.98. The van der Waals surface area contributed by atoms with Crippen molar-refractivity contribution in [2.45, 2.75) is 26.4 Å². The molecule has 0 spiro atoms. The van der Waals surface area contributed by atoms with Crippen LogP contribution in [0.5, 0.6) is 0 Å². The largest absolute Gasteiger partial charge is 0.368 e. The second kappa shape index (κ2) is 7.57. The summed E-state index contributed by atoms with van der Waals surface area (Å²) >= 11 is 0. The molecule has 0 aliphatic carbocycles. The van der Waals surface area contributed by atoms with Crippen molar-refractivity contribution < 1.29 is 14.0 Å². The van der Waals surface area contributed by atoms with Gasteiger partial charge in [-0.25, -0.2) is 4.39 Å². The summed E-state index contributed by atoms with van der Waals surface area (Å²) in [6.45, 7) is 3.91. The van der Waals surface area contributed by atoms with Crippen LogP contribution in [0.1, 0.15) is 29.9 Å². The van der Waals surface area contributed by atoms with Crippen molar-refractivity contribution in [1.29, 1.82) is 0 Å². The maximum absolute atomic E-state index is 13.2. The molecule has 2 amide bonds. The van der Waals surface area contributed by atoms with Gasteiger partial charge >= 0.3 is 0 Å². The topological polar surface area (TPSA) is 90.0 Å². The third-order valence-electron chi connectivity index (χ3n) is 4.37. The van der Waals surface area contributed by atoms with Gasteiger partial charge in [-0.05, 0) is 29.7 Å². The van der Waals surface area contributed by atoms with Crippen LogP contribution in [-0.4, -0.2) is 27.6 Å². The number of carbonyl (C=O) groups is 2. The fourth-order valence-corrected chi connectivity index (χ4v) is 2.97. The number of rotatable bonds is 6. The lowest BCUT2D eigenvalue weighted by molar-refractivity contribution is -0.120. The first-order valence-corrected chi connectivity index (χ1v) is 8.67. The quantitative estimate of drug-likeness (QED) is 0.700. The highest BCUT2D eigenvalue weighted by Crippen LogP contribution is 2.20. The highest BCUT2D eigenvalue weighted by Gasteiger charge is 2.26. The number of nitrogens with two attached hydrogens (primary N) is 1. The molecule has 0 aliphatic rings. The number of nitrogens with one attached hydrogen (secondary N) is 1. The lowest BCUT2D eigenvalue weighted by atomic mass is 10.0. The van der Waals surface area contributed by atoms with Crippen molar-refractivity contribution >= 4 is 22.7 Å². The molecule has 0 saturated carbocycles. The summed E-state index contributed by atoms with van der Waals surface area (Å²) in [5.74, 6) is -1.50. The Labute approximate surface area is 156 Å². The highest BCUT2D eigenvalue weighted by molar-refractivity contribution is 6.06. The van der Waals surface area contributed by atoms with E-state index in [1.165, 1.54) is 12.1 Å². The smallest absolute Gasteiger partial charge is 0.270 e. The molecule has 140 valence electrons. The molecule has 0 saturated heterocycles. The Kier molecular flexibility index (Phi) is 5.21. The van der Waals surface area contributed by atoms with E-state index in [9.17, 15) is 14.0 Å². The molecule has 7 heteroatoms. The Bertz CT molecular complexity index is 979. The van der Waals surface area contributed by atoms with Gasteiger partial charge in [0.25, 0.3) is 5.91 Å². The van der Waals surface area contributed by atoms with Crippen molar-refractivity contribution in [2.24, 2.45) is 11.7 Å². The van der Waals surface area contributed by atoms with Gasteiger partial charge in [0.05, 0.1) is 12.1 Å². The van der Waals surface area contributed by atoms with E-state index in [0.29, 0.717) is 23.1 Å². The summed E-state index contributed by atoms with van der Waals surface area (Å²) in [4.78, 5) is 24.6. The van der Waals surface area contributed by atoms with Gasteiger partial charge in [0.2, 0.25) is 5.91 Å². The van der Waals surface area contributed by atoms with Crippen LogP contribution in [0, 0.1) is 11.7 Å². The summed E-state index contributed by atoms with van der Waals surface area (Å²) < 4.78 is 14.7. The van der Waals surface area contributed by atoms with E-state index in [-0.39, 0.29) is 11.7 Å². The highest BCUT2D eigenvalue weighted by atomic mass is 19.1. The van der Waals surface area contributed by atoms with Gasteiger partial charge in [-0.1, -0.05) is 44.2 Å². The summed E-state index contributed by atoms with van der Waals surface area (Å²) in [5, 5.41) is 7.88. The lowest BCUT2D eigenvalue weighted by Gasteiger charge is -2.19. The normalized spacial score (nSPS) is 12.3. The Morgan fingerprint density at radius 1 is 1.15 bits per heavy atom. The number of carbonyl (C=O) groups excluding carboxylic acids is 2. The zero-order valence-electron chi connectivity index (χ0n) is 15.1. The molecule has 0 radical (unpaired) electrons. The van der Waals surface area contributed by atoms with Crippen LogP contribution in [0.15, 0.2) is 48.5 Å². The van der Waals surface area contributed by atoms with Crippen molar-refractivity contribution in [2.75, 3.05) is 0 Å². The molecule has 2 aromatic carbocycles. The first kappa shape index (κ1) is 18.6. The molecule has 3 N–H and O–H groups in total. The van der Waals surface area contributed by atoms with E-state index in [1.807, 2.05) is 26.0 Å². The van der Waals surface area contributed by atoms with Gasteiger partial charge in [-0.2, -0.15) is 5.10 Å². The van der Waals surface area contributed by atoms with E-state index >= 15 is 0 Å². The van der Waals surface area contributed by atoms with Crippen LogP contribution < -0.4 is 11.1 Å². The zero-order valence-corrected chi connectivity index (χ0v) is 15.1. The van der Waals surface area contributed by atoms with Crippen LogP contribution in [0.4, 0.5) is 4.39 Å². The lowest BCUT2D eigenvalue weighted by Crippen LogP contribution is -2.48. The second-order valence-corrected chi connectivity index (χ2v) is 6.75. The summed E-state index contributed by atoms with van der Waals surface area (Å²) in [5.41, 5.74) is 7.21. The van der Waals surface area contributed by atoms with Gasteiger partial charge in [0, 0.05) is 5.39 Å². The third-order valence-corrected chi connectivity index (χ3v) is 4.37. The minimum atomic E-state index is -0.787. The number of amides is 2. The van der Waals surface area contributed by atoms with Gasteiger partial charge in [-0.15, -0.1) is 0 Å². The van der Waals surface area contributed by atoms with Gasteiger partial charge in [0.15, 0.2) is 0 Å². The SMILES string of the molecule is CC(C)C(NC(=O)c1c2ccccc2nn1Cc1ccc(F)cc1)C(N)=O. The number of benzene rings is 2. The molecule has 6 nitrogen and oxygen atoms in total. The maximum Gasteiger partial charge on any atom is 0.270 e. The number of nitrogens with zero attached hydrogens (tertiary/aromatic N) is 2. The van der Waals surface area contributed by atoms with Crippen molar-refractivity contribution in [1.82, 2.24) is 15.1 Å². The molecule has 3 rings (SSSR count). The van der Waals surface area contributed by atoms with Crippen LogP contribution in [0.2, 0.25) is 0 Å². The fourth-order valence-electron chi connectivity index (χ4n) is 2.97. The summed E-state index contributed by atoms with van der Waals surface area (Å²) in [6, 6.07) is 12.5. The minimum Gasteiger partial charge on any atom is -0.368 e. The molecule has 1 atom stereocenters. The Morgan fingerprint density at radius 3 is 2.44 bits per heavy atom. The number of halogens is 1. The minimum absolute atomic E-state index is 0.147. The molecule has 3 aromatic rings. The molecule has 0 bridgehead atoms. The van der Waals surface area contributed by atoms with Gasteiger partial charge < -0.3 is 11.1 Å². The Morgan fingerprint density at radius 2 is 1.81 bits per heavy atom. The molecule has 1 aromatic heterocycles. The molecular weight excluding hydrogens is 347 g/mol. The van der Waals surface area contributed by atoms with Crippen LogP contribution in [0.3, 0.4) is 0 Å². The van der Waals surface area contributed by atoms with Crippen LogP contribution in [-0.2, 0) is 11.3 Å². The fraction of sp³-hybridized carbons (Fsp3) is 0.250. The van der Waals surface area contributed by atoms with Gasteiger partial charge in [-0.3, -0.25) is 14.3 Å². The van der Waals surface area contributed by atoms with E-state index in [1.54, 1.807) is 28.9 Å². The monoisotopic (exact) mass is 368 g/mol. The number of hydrogen-bond acceptors (Lipinski definition) is 3. The average molecular weight is 368 g/mol. The molecule has 0 aliphatic heterocycles. The zero-order chi connectivity index (χ0) is 19.6. The second-order valence-electron chi connectivity index (χ2n) is 6.75. The molecule has 0 fully saturated rings. The van der Waals surface area contributed by atoms with Crippen molar-refractivity contribution in [3.05, 3.63) is 65.6 Å².